The molecule has 0 aliphatic carbocycles. The quantitative estimate of drug-likeness (QED) is 0.567. The molecule has 1 fully saturated rings. The van der Waals surface area contributed by atoms with Crippen molar-refractivity contribution in [1.29, 1.82) is 0 Å². The van der Waals surface area contributed by atoms with Crippen molar-refractivity contribution >= 4 is 17.3 Å². The molecule has 0 atom stereocenters. The highest BCUT2D eigenvalue weighted by Gasteiger charge is 2.19. The molecule has 6 heteroatoms. The Hall–Kier alpha value is -3.38. The van der Waals surface area contributed by atoms with E-state index in [4.69, 9.17) is 4.74 Å². The number of piperazine rings is 1. The molecule has 172 valence electrons. The number of benzene rings is 2. The van der Waals surface area contributed by atoms with Gasteiger partial charge in [-0.1, -0.05) is 18.2 Å². The number of hydrogen-bond donors (Lipinski definition) is 1. The Balaban J connectivity index is 1.29. The molecular weight excluding hydrogens is 412 g/mol. The second kappa shape index (κ2) is 11.0. The summed E-state index contributed by atoms with van der Waals surface area (Å²) in [4.78, 5) is 21.5. The number of pyridine rings is 1. The lowest BCUT2D eigenvalue weighted by atomic mass is 10.1. The van der Waals surface area contributed by atoms with E-state index in [1.807, 2.05) is 55.7 Å². The fourth-order valence-corrected chi connectivity index (χ4v) is 4.04. The maximum Gasteiger partial charge on any atom is 0.262 e. The number of ether oxygens (including phenoxy) is 1. The number of hydrogen-bond acceptors (Lipinski definition) is 5. The van der Waals surface area contributed by atoms with Gasteiger partial charge in [0.15, 0.2) is 6.61 Å². The van der Waals surface area contributed by atoms with E-state index in [9.17, 15) is 4.79 Å². The van der Waals surface area contributed by atoms with Crippen LogP contribution < -0.4 is 15.0 Å². The standard InChI is InChI=1S/C27H32N4O2/c1-21-7-8-24(19-22(21)2)33-20-27(32)29-25-5-3-4-6-26(25)31-17-15-30(16-18-31)14-11-23-9-12-28-13-10-23/h3-10,12-13,19H,11,14-18,20H2,1-2H3,(H,29,32). The monoisotopic (exact) mass is 444 g/mol. The van der Waals surface area contributed by atoms with Crippen molar-refractivity contribution in [3.63, 3.8) is 0 Å². The van der Waals surface area contributed by atoms with E-state index in [0.29, 0.717) is 5.75 Å². The highest BCUT2D eigenvalue weighted by Crippen LogP contribution is 2.27. The Morgan fingerprint density at radius 1 is 0.970 bits per heavy atom. The Kier molecular flexibility index (Phi) is 7.58. The maximum atomic E-state index is 12.6. The number of nitrogens with zero attached hydrogens (tertiary/aromatic N) is 3. The number of amides is 1. The van der Waals surface area contributed by atoms with Crippen LogP contribution >= 0.6 is 0 Å². The molecule has 1 aromatic heterocycles. The predicted octanol–water partition coefficient (Wildman–Crippen LogP) is 4.08. The van der Waals surface area contributed by atoms with Gasteiger partial charge in [-0.2, -0.15) is 0 Å². The van der Waals surface area contributed by atoms with Crippen molar-refractivity contribution in [3.8, 4) is 5.75 Å². The minimum atomic E-state index is -0.156. The Labute approximate surface area is 196 Å². The van der Waals surface area contributed by atoms with Gasteiger partial charge in [-0.3, -0.25) is 14.7 Å². The number of rotatable bonds is 8. The molecule has 0 spiro atoms. The topological polar surface area (TPSA) is 57.7 Å². The average molecular weight is 445 g/mol. The number of aromatic nitrogens is 1. The van der Waals surface area contributed by atoms with Crippen LogP contribution in [0.25, 0.3) is 0 Å². The molecule has 4 rings (SSSR count). The molecule has 1 aliphatic heterocycles. The van der Waals surface area contributed by atoms with Crippen molar-refractivity contribution in [3.05, 3.63) is 83.7 Å². The maximum absolute atomic E-state index is 12.6. The van der Waals surface area contributed by atoms with E-state index in [1.165, 1.54) is 11.1 Å². The summed E-state index contributed by atoms with van der Waals surface area (Å²) < 4.78 is 5.70. The summed E-state index contributed by atoms with van der Waals surface area (Å²) >= 11 is 0. The fourth-order valence-electron chi connectivity index (χ4n) is 4.04. The first-order chi connectivity index (χ1) is 16.1. The van der Waals surface area contributed by atoms with Crippen molar-refractivity contribution in [2.24, 2.45) is 0 Å². The van der Waals surface area contributed by atoms with E-state index in [-0.39, 0.29) is 12.5 Å². The number of carbonyl (C=O) groups is 1. The number of para-hydroxylation sites is 2. The molecule has 0 unspecified atom stereocenters. The predicted molar refractivity (Wildman–Crippen MR) is 133 cm³/mol. The van der Waals surface area contributed by atoms with Crippen LogP contribution in [0.15, 0.2) is 67.0 Å². The Morgan fingerprint density at radius 2 is 1.73 bits per heavy atom. The molecular formula is C27H32N4O2. The summed E-state index contributed by atoms with van der Waals surface area (Å²) in [6.45, 7) is 9.00. The van der Waals surface area contributed by atoms with Gasteiger partial charge in [-0.15, -0.1) is 0 Å². The van der Waals surface area contributed by atoms with Crippen LogP contribution in [0, 0.1) is 13.8 Å². The first kappa shape index (κ1) is 22.8. The van der Waals surface area contributed by atoms with E-state index in [1.54, 1.807) is 0 Å². The van der Waals surface area contributed by atoms with Crippen LogP contribution in [0.3, 0.4) is 0 Å². The summed E-state index contributed by atoms with van der Waals surface area (Å²) in [6, 6.07) is 18.0. The lowest BCUT2D eigenvalue weighted by Gasteiger charge is -2.37. The zero-order chi connectivity index (χ0) is 23.0. The van der Waals surface area contributed by atoms with Crippen molar-refractivity contribution in [2.45, 2.75) is 20.3 Å². The zero-order valence-electron chi connectivity index (χ0n) is 19.5. The summed E-state index contributed by atoms with van der Waals surface area (Å²) in [6.07, 6.45) is 4.74. The third-order valence-corrected chi connectivity index (χ3v) is 6.21. The van der Waals surface area contributed by atoms with E-state index >= 15 is 0 Å². The largest absolute Gasteiger partial charge is 0.484 e. The molecule has 0 radical (unpaired) electrons. The van der Waals surface area contributed by atoms with Gasteiger partial charge in [0, 0.05) is 45.1 Å². The minimum absolute atomic E-state index is 0.0143. The van der Waals surface area contributed by atoms with Crippen LogP contribution in [0.2, 0.25) is 0 Å². The molecule has 6 nitrogen and oxygen atoms in total. The highest BCUT2D eigenvalue weighted by atomic mass is 16.5. The lowest BCUT2D eigenvalue weighted by molar-refractivity contribution is -0.118. The Morgan fingerprint density at radius 3 is 2.48 bits per heavy atom. The first-order valence-corrected chi connectivity index (χ1v) is 11.5. The summed E-state index contributed by atoms with van der Waals surface area (Å²) in [5.74, 6) is 0.557. The van der Waals surface area contributed by atoms with Crippen LogP contribution in [-0.2, 0) is 11.2 Å². The zero-order valence-corrected chi connectivity index (χ0v) is 19.5. The number of aryl methyl sites for hydroxylation is 2. The molecule has 1 saturated heterocycles. The molecule has 0 bridgehead atoms. The fraction of sp³-hybridized carbons (Fsp3) is 0.333. The van der Waals surface area contributed by atoms with Gasteiger partial charge in [-0.05, 0) is 73.4 Å². The van der Waals surface area contributed by atoms with E-state index in [2.05, 4.69) is 45.2 Å². The highest BCUT2D eigenvalue weighted by molar-refractivity contribution is 5.95. The van der Waals surface area contributed by atoms with Crippen molar-refractivity contribution in [1.82, 2.24) is 9.88 Å². The van der Waals surface area contributed by atoms with Gasteiger partial charge in [0.2, 0.25) is 0 Å². The number of anilines is 2. The molecule has 1 amide bonds. The second-order valence-corrected chi connectivity index (χ2v) is 8.53. The molecule has 1 aliphatic rings. The van der Waals surface area contributed by atoms with Gasteiger partial charge in [-0.25, -0.2) is 0 Å². The van der Waals surface area contributed by atoms with Gasteiger partial charge in [0.25, 0.3) is 5.91 Å². The van der Waals surface area contributed by atoms with Gasteiger partial charge < -0.3 is 15.0 Å². The molecule has 33 heavy (non-hydrogen) atoms. The second-order valence-electron chi connectivity index (χ2n) is 8.53. The van der Waals surface area contributed by atoms with Gasteiger partial charge in [0.05, 0.1) is 11.4 Å². The summed E-state index contributed by atoms with van der Waals surface area (Å²) in [7, 11) is 0. The summed E-state index contributed by atoms with van der Waals surface area (Å²) in [5.41, 5.74) is 5.57. The molecule has 0 saturated carbocycles. The number of carbonyl (C=O) groups excluding carboxylic acids is 1. The molecule has 2 heterocycles. The normalized spacial score (nSPS) is 14.2. The smallest absolute Gasteiger partial charge is 0.262 e. The van der Waals surface area contributed by atoms with E-state index < -0.39 is 0 Å². The third-order valence-electron chi connectivity index (χ3n) is 6.21. The third kappa shape index (κ3) is 6.33. The first-order valence-electron chi connectivity index (χ1n) is 11.5. The minimum Gasteiger partial charge on any atom is -0.484 e. The van der Waals surface area contributed by atoms with E-state index in [0.717, 1.165) is 56.1 Å². The van der Waals surface area contributed by atoms with Crippen molar-refractivity contribution < 1.29 is 9.53 Å². The SMILES string of the molecule is Cc1ccc(OCC(=O)Nc2ccccc2N2CCN(CCc3ccncc3)CC2)cc1C. The van der Waals surface area contributed by atoms with Gasteiger partial charge >= 0.3 is 0 Å². The van der Waals surface area contributed by atoms with Crippen LogP contribution in [0.5, 0.6) is 5.75 Å². The molecule has 1 N–H and O–H groups in total. The van der Waals surface area contributed by atoms with Crippen LogP contribution in [0.1, 0.15) is 16.7 Å². The molecule has 3 aromatic rings. The van der Waals surface area contributed by atoms with Crippen LogP contribution in [0.4, 0.5) is 11.4 Å². The molecule has 2 aromatic carbocycles. The van der Waals surface area contributed by atoms with Gasteiger partial charge in [0.1, 0.15) is 5.75 Å². The summed E-state index contributed by atoms with van der Waals surface area (Å²) in [5, 5.41) is 3.04. The van der Waals surface area contributed by atoms with Crippen molar-refractivity contribution in [2.75, 3.05) is 49.5 Å². The average Bonchev–Trinajstić information content (AvgIpc) is 2.85. The Bertz CT molecular complexity index is 1060. The lowest BCUT2D eigenvalue weighted by Crippen LogP contribution is -2.47. The van der Waals surface area contributed by atoms with Crippen LogP contribution in [-0.4, -0.2) is 55.1 Å². The number of nitrogens with one attached hydrogen (secondary N) is 1.